The summed E-state index contributed by atoms with van der Waals surface area (Å²) < 4.78 is 12.8. The van der Waals surface area contributed by atoms with Crippen LogP contribution in [0.1, 0.15) is 53.5 Å². The molecule has 1 aliphatic rings. The molecule has 0 saturated carbocycles. The molecule has 0 aromatic carbocycles. The molecule has 1 atom stereocenters. The summed E-state index contributed by atoms with van der Waals surface area (Å²) in [6, 6.07) is 0. The van der Waals surface area contributed by atoms with Crippen LogP contribution in [0.25, 0.3) is 5.57 Å². The van der Waals surface area contributed by atoms with E-state index >= 15 is 0 Å². The van der Waals surface area contributed by atoms with Crippen LogP contribution in [0.2, 0.25) is 0 Å². The number of ether oxygens (including phenoxy) is 2. The van der Waals surface area contributed by atoms with Crippen molar-refractivity contribution in [2.45, 2.75) is 60.6 Å². The van der Waals surface area contributed by atoms with Gasteiger partial charge in [0.2, 0.25) is 0 Å². The van der Waals surface area contributed by atoms with Gasteiger partial charge in [0.25, 0.3) is 0 Å². The fourth-order valence-electron chi connectivity index (χ4n) is 3.25. The van der Waals surface area contributed by atoms with Gasteiger partial charge in [-0.25, -0.2) is 14.3 Å². The Morgan fingerprint density at radius 3 is 2.32 bits per heavy atom. The van der Waals surface area contributed by atoms with Crippen LogP contribution >= 0.6 is 0 Å². The Kier molecular flexibility index (Phi) is 5.96. The Hall–Kier alpha value is -2.71. The molecule has 2 amide bonds. The lowest BCUT2D eigenvalue weighted by Crippen LogP contribution is -2.37. The molecule has 0 radical (unpaired) electrons. The van der Waals surface area contributed by atoms with E-state index in [0.29, 0.717) is 16.9 Å². The quantitative estimate of drug-likeness (QED) is 0.673. The predicted octanol–water partition coefficient (Wildman–Crippen LogP) is 3.06. The zero-order valence-corrected chi connectivity index (χ0v) is 17.5. The molecule has 28 heavy (non-hydrogen) atoms. The van der Waals surface area contributed by atoms with Gasteiger partial charge in [-0.2, -0.15) is 5.10 Å². The Morgan fingerprint density at radius 1 is 1.18 bits per heavy atom. The van der Waals surface area contributed by atoms with Gasteiger partial charge in [0.1, 0.15) is 17.7 Å². The van der Waals surface area contributed by atoms with Crippen molar-refractivity contribution in [2.24, 2.45) is 22.3 Å². The molecule has 0 aliphatic carbocycles. The highest BCUT2D eigenvalue weighted by Crippen LogP contribution is 2.44. The second-order valence-corrected chi connectivity index (χ2v) is 9.01. The first-order valence-electron chi connectivity index (χ1n) is 9.30. The number of hydrogen-bond acceptors (Lipinski definition) is 6. The Labute approximate surface area is 165 Å². The van der Waals surface area contributed by atoms with E-state index in [-0.39, 0.29) is 0 Å². The molecule has 0 spiro atoms. The number of anilines is 1. The molecule has 9 heteroatoms. The number of carbonyl (C=O) groups is 2. The molecule has 1 aromatic rings. The number of aromatic nitrogens is 2. The Morgan fingerprint density at radius 2 is 1.82 bits per heavy atom. The highest BCUT2D eigenvalue weighted by molar-refractivity contribution is 5.82. The summed E-state index contributed by atoms with van der Waals surface area (Å²) in [5, 5.41) is 7.78. The minimum Gasteiger partial charge on any atom is -0.441 e. The summed E-state index contributed by atoms with van der Waals surface area (Å²) in [5.74, 6) is 1.09. The first-order valence-corrected chi connectivity index (χ1v) is 9.30. The van der Waals surface area contributed by atoms with Crippen LogP contribution in [0.3, 0.4) is 0 Å². The number of nitrogens with two attached hydrogens (primary N) is 2. The zero-order valence-electron chi connectivity index (χ0n) is 17.5. The number of fused-ring (bicyclic) bond motifs is 1. The molecule has 9 nitrogen and oxygen atoms in total. The third-order valence-corrected chi connectivity index (χ3v) is 4.38. The number of primary amides is 2. The number of amides is 2. The van der Waals surface area contributed by atoms with Gasteiger partial charge in [0.15, 0.2) is 0 Å². The zero-order chi connectivity index (χ0) is 21.3. The van der Waals surface area contributed by atoms with Gasteiger partial charge >= 0.3 is 12.2 Å². The third kappa shape index (κ3) is 4.76. The van der Waals surface area contributed by atoms with E-state index in [0.717, 1.165) is 25.3 Å². The van der Waals surface area contributed by atoms with Crippen molar-refractivity contribution in [2.75, 3.05) is 11.9 Å². The van der Waals surface area contributed by atoms with Gasteiger partial charge in [-0.3, -0.25) is 0 Å². The molecule has 2 rings (SSSR count). The van der Waals surface area contributed by atoms with Crippen LogP contribution in [-0.4, -0.2) is 34.6 Å². The molecular weight excluding hydrogens is 362 g/mol. The number of hydrogen-bond donors (Lipinski definition) is 3. The highest BCUT2D eigenvalue weighted by Gasteiger charge is 2.40. The molecule has 5 N–H and O–H groups in total. The average molecular weight is 393 g/mol. The number of nitrogens with one attached hydrogen (secondary N) is 1. The minimum absolute atomic E-state index is 0.310. The van der Waals surface area contributed by atoms with Crippen molar-refractivity contribution in [3.63, 3.8) is 0 Å². The van der Waals surface area contributed by atoms with E-state index in [1.54, 1.807) is 6.20 Å². The van der Waals surface area contributed by atoms with E-state index in [9.17, 15) is 9.59 Å². The van der Waals surface area contributed by atoms with E-state index in [1.807, 2.05) is 46.2 Å². The number of aryl methyl sites for hydroxylation is 1. The van der Waals surface area contributed by atoms with Gasteiger partial charge in [-0.05, 0) is 6.42 Å². The van der Waals surface area contributed by atoms with Gasteiger partial charge in [0, 0.05) is 35.1 Å². The number of allylic oxidation sites excluding steroid dienone is 1. The van der Waals surface area contributed by atoms with Gasteiger partial charge < -0.3 is 26.3 Å². The summed E-state index contributed by atoms with van der Waals surface area (Å²) in [5.41, 5.74) is 10.8. The smallest absolute Gasteiger partial charge is 0.409 e. The maximum Gasteiger partial charge on any atom is 0.409 e. The maximum atomic E-state index is 11.7. The van der Waals surface area contributed by atoms with E-state index in [2.05, 4.69) is 10.4 Å². The summed E-state index contributed by atoms with van der Waals surface area (Å²) in [6.07, 6.45) is -0.0298. The fourth-order valence-corrected chi connectivity index (χ4v) is 3.25. The first-order chi connectivity index (χ1) is 12.8. The van der Waals surface area contributed by atoms with E-state index in [4.69, 9.17) is 20.9 Å². The minimum atomic E-state index is -0.942. The molecule has 0 fully saturated rings. The van der Waals surface area contributed by atoms with Gasteiger partial charge in [0.05, 0.1) is 6.20 Å². The number of carbonyl (C=O) groups excluding carboxylic acids is 2. The van der Waals surface area contributed by atoms with Crippen molar-refractivity contribution in [1.82, 2.24) is 9.78 Å². The topological polar surface area (TPSA) is 134 Å². The fraction of sp³-hybridized carbons (Fsp3) is 0.632. The van der Waals surface area contributed by atoms with Crippen molar-refractivity contribution < 1.29 is 19.1 Å². The van der Waals surface area contributed by atoms with Crippen LogP contribution in [0.15, 0.2) is 12.0 Å². The molecule has 0 bridgehead atoms. The molecule has 1 aliphatic heterocycles. The first kappa shape index (κ1) is 21.6. The summed E-state index contributed by atoms with van der Waals surface area (Å²) in [7, 11) is 0. The number of nitrogens with zero attached hydrogens (tertiary/aromatic N) is 2. The lowest BCUT2D eigenvalue weighted by Gasteiger charge is -2.35. The van der Waals surface area contributed by atoms with Crippen LogP contribution in [0, 0.1) is 10.8 Å². The molecule has 0 saturated heterocycles. The Bertz CT molecular complexity index is 783. The van der Waals surface area contributed by atoms with E-state index in [1.165, 1.54) is 0 Å². The van der Waals surface area contributed by atoms with Crippen LogP contribution < -0.4 is 16.8 Å². The maximum absolute atomic E-state index is 11.7. The predicted molar refractivity (Wildman–Crippen MR) is 106 cm³/mol. The second-order valence-electron chi connectivity index (χ2n) is 9.01. The van der Waals surface area contributed by atoms with Crippen LogP contribution in [0.4, 0.5) is 15.4 Å². The van der Waals surface area contributed by atoms with Crippen molar-refractivity contribution >= 4 is 23.6 Å². The van der Waals surface area contributed by atoms with Gasteiger partial charge in [-0.15, -0.1) is 0 Å². The third-order valence-electron chi connectivity index (χ3n) is 4.38. The molecule has 2 heterocycles. The van der Waals surface area contributed by atoms with Crippen molar-refractivity contribution in [3.05, 3.63) is 17.5 Å². The molecule has 1 aromatic heterocycles. The van der Waals surface area contributed by atoms with Crippen LogP contribution in [0.5, 0.6) is 0 Å². The normalized spacial score (nSPS) is 16.4. The average Bonchev–Trinajstić information content (AvgIpc) is 2.95. The summed E-state index contributed by atoms with van der Waals surface area (Å²) >= 11 is 0. The van der Waals surface area contributed by atoms with Crippen molar-refractivity contribution in [1.29, 1.82) is 0 Å². The van der Waals surface area contributed by atoms with Crippen molar-refractivity contribution in [3.8, 4) is 0 Å². The second kappa shape index (κ2) is 7.73. The molecule has 1 unspecified atom stereocenters. The lowest BCUT2D eigenvalue weighted by molar-refractivity contribution is 0.0705. The van der Waals surface area contributed by atoms with E-state index < -0.39 is 29.1 Å². The highest BCUT2D eigenvalue weighted by atomic mass is 16.6. The standard InChI is InChI=1S/C19H31N5O4/c1-18(2,3)13(27-16(20)25)12(14(19(4,5)6)28-17(21)26)11-10-23-24-9-7-8-22-15(11)24/h10,13,22H,7-9H2,1-6H3,(H2,20,25)(H2,21,26). The summed E-state index contributed by atoms with van der Waals surface area (Å²) in [4.78, 5) is 23.4. The Balaban J connectivity index is 2.83. The number of rotatable bonds is 4. The molecule has 156 valence electrons. The lowest BCUT2D eigenvalue weighted by atomic mass is 9.78. The SMILES string of the molecule is CC(C)(C)C(OC(N)=O)=C(c1cnn2c1NCCC2)C(OC(N)=O)C(C)(C)C. The molecular formula is C19H31N5O4. The summed E-state index contributed by atoms with van der Waals surface area (Å²) in [6.45, 7) is 12.9. The van der Waals surface area contributed by atoms with Crippen LogP contribution in [-0.2, 0) is 16.0 Å². The van der Waals surface area contributed by atoms with Gasteiger partial charge in [-0.1, -0.05) is 41.5 Å². The largest absolute Gasteiger partial charge is 0.441 e. The monoisotopic (exact) mass is 393 g/mol.